The van der Waals surface area contributed by atoms with Crippen molar-refractivity contribution >= 4 is 16.0 Å². The van der Waals surface area contributed by atoms with Crippen molar-refractivity contribution in [2.24, 2.45) is 0 Å². The average molecular weight is 239 g/mol. The number of sulfonamides is 1. The normalized spacial score (nSPS) is 15.9. The van der Waals surface area contributed by atoms with Gasteiger partial charge in [0.1, 0.15) is 5.54 Å². The molecule has 0 saturated carbocycles. The number of carboxylic acids is 1. The van der Waals surface area contributed by atoms with Gasteiger partial charge in [0.05, 0.1) is 12.4 Å². The lowest BCUT2D eigenvalue weighted by Crippen LogP contribution is -2.52. The molecule has 0 rings (SSSR count). The Bertz CT molecular complexity index is 313. The molecule has 0 aliphatic heterocycles. The minimum Gasteiger partial charge on any atom is -0.480 e. The lowest BCUT2D eigenvalue weighted by atomic mass is 10.0. The molecule has 0 aromatic heterocycles. The van der Waals surface area contributed by atoms with Gasteiger partial charge in [-0.2, -0.15) is 4.72 Å². The minimum absolute atomic E-state index is 0.0365. The van der Waals surface area contributed by atoms with Gasteiger partial charge in [0.15, 0.2) is 0 Å². The minimum atomic E-state index is -3.61. The summed E-state index contributed by atoms with van der Waals surface area (Å²) in [4.78, 5) is 10.8. The van der Waals surface area contributed by atoms with Gasteiger partial charge in [0.25, 0.3) is 0 Å². The zero-order valence-electron chi connectivity index (χ0n) is 9.11. The molecule has 15 heavy (non-hydrogen) atoms. The molecule has 1 unspecified atom stereocenters. The number of aliphatic carboxylic acids is 1. The highest BCUT2D eigenvalue weighted by atomic mass is 32.2. The molecule has 7 heteroatoms. The molecule has 0 radical (unpaired) electrons. The number of hydrogen-bond acceptors (Lipinski definition) is 4. The Labute approximate surface area is 89.7 Å². The fourth-order valence-corrected chi connectivity index (χ4v) is 2.26. The molecule has 6 nitrogen and oxygen atoms in total. The highest BCUT2D eigenvalue weighted by Gasteiger charge is 2.35. The van der Waals surface area contributed by atoms with Crippen LogP contribution in [0.5, 0.6) is 0 Å². The molecule has 1 atom stereocenters. The second kappa shape index (κ2) is 5.43. The summed E-state index contributed by atoms with van der Waals surface area (Å²) in [6, 6.07) is 0. The maximum Gasteiger partial charge on any atom is 0.324 e. The van der Waals surface area contributed by atoms with Gasteiger partial charge in [-0.25, -0.2) is 8.42 Å². The molecule has 0 spiro atoms. The molecule has 0 aliphatic rings. The molecule has 0 aromatic rings. The fourth-order valence-electron chi connectivity index (χ4n) is 0.854. The summed E-state index contributed by atoms with van der Waals surface area (Å²) in [6.07, 6.45) is 0.175. The summed E-state index contributed by atoms with van der Waals surface area (Å²) >= 11 is 0. The van der Waals surface area contributed by atoms with Crippen molar-refractivity contribution < 1.29 is 23.1 Å². The Kier molecular flexibility index (Phi) is 5.19. The van der Waals surface area contributed by atoms with Gasteiger partial charge >= 0.3 is 5.97 Å². The highest BCUT2D eigenvalue weighted by molar-refractivity contribution is 7.89. The smallest absolute Gasteiger partial charge is 0.324 e. The summed E-state index contributed by atoms with van der Waals surface area (Å²) in [5, 5.41) is 8.86. The van der Waals surface area contributed by atoms with Gasteiger partial charge in [-0.05, 0) is 13.3 Å². The largest absolute Gasteiger partial charge is 0.480 e. The van der Waals surface area contributed by atoms with Gasteiger partial charge in [0.2, 0.25) is 10.0 Å². The third-order valence-corrected chi connectivity index (χ3v) is 3.58. The monoisotopic (exact) mass is 239 g/mol. The van der Waals surface area contributed by atoms with Crippen LogP contribution in [-0.4, -0.2) is 44.5 Å². The van der Waals surface area contributed by atoms with Gasteiger partial charge in [-0.1, -0.05) is 6.92 Å². The fraction of sp³-hybridized carbons (Fsp3) is 0.875. The Morgan fingerprint density at radius 1 is 1.53 bits per heavy atom. The standard InChI is InChI=1S/C8H17NO5S/c1-4-8(2,7(10)11)9-15(12,13)6-5-14-3/h9H,4-6H2,1-3H3,(H,10,11). The summed E-state index contributed by atoms with van der Waals surface area (Å²) in [5.74, 6) is -1.43. The van der Waals surface area contributed by atoms with E-state index in [9.17, 15) is 13.2 Å². The van der Waals surface area contributed by atoms with Crippen LogP contribution in [0.1, 0.15) is 20.3 Å². The molecule has 0 aliphatic carbocycles. The van der Waals surface area contributed by atoms with Crippen molar-refractivity contribution in [1.29, 1.82) is 0 Å². The molecule has 0 heterocycles. The predicted octanol–water partition coefficient (Wildman–Crippen LogP) is -0.194. The average Bonchev–Trinajstić information content (AvgIpc) is 2.13. The van der Waals surface area contributed by atoms with Gasteiger partial charge in [0, 0.05) is 7.11 Å². The van der Waals surface area contributed by atoms with E-state index in [4.69, 9.17) is 5.11 Å². The van der Waals surface area contributed by atoms with Crippen LogP contribution in [0.25, 0.3) is 0 Å². The first-order chi connectivity index (χ1) is 6.77. The number of carbonyl (C=O) groups is 1. The molecular formula is C8H17NO5S. The zero-order valence-corrected chi connectivity index (χ0v) is 9.93. The maximum atomic E-state index is 11.4. The van der Waals surface area contributed by atoms with E-state index < -0.39 is 21.5 Å². The molecule has 90 valence electrons. The van der Waals surface area contributed by atoms with Crippen LogP contribution in [0.4, 0.5) is 0 Å². The van der Waals surface area contributed by atoms with E-state index in [0.29, 0.717) is 0 Å². The summed E-state index contributed by atoms with van der Waals surface area (Å²) in [7, 11) is -2.23. The molecule has 0 fully saturated rings. The van der Waals surface area contributed by atoms with Crippen molar-refractivity contribution in [3.8, 4) is 0 Å². The number of methoxy groups -OCH3 is 1. The van der Waals surface area contributed by atoms with Crippen LogP contribution in [0, 0.1) is 0 Å². The highest BCUT2D eigenvalue weighted by Crippen LogP contribution is 2.11. The second-order valence-electron chi connectivity index (χ2n) is 3.40. The first-order valence-electron chi connectivity index (χ1n) is 4.51. The zero-order chi connectivity index (χ0) is 12.1. The number of ether oxygens (including phenoxy) is 1. The van der Waals surface area contributed by atoms with Crippen LogP contribution in [-0.2, 0) is 19.6 Å². The second-order valence-corrected chi connectivity index (χ2v) is 5.25. The van der Waals surface area contributed by atoms with Crippen molar-refractivity contribution in [3.63, 3.8) is 0 Å². The Morgan fingerprint density at radius 2 is 2.07 bits per heavy atom. The number of nitrogens with one attached hydrogen (secondary N) is 1. The number of carboxylic acid groups (broad SMARTS) is 1. The molecule has 2 N–H and O–H groups in total. The molecule has 0 bridgehead atoms. The number of hydrogen-bond donors (Lipinski definition) is 2. The van der Waals surface area contributed by atoms with Crippen molar-refractivity contribution in [1.82, 2.24) is 4.72 Å². The quantitative estimate of drug-likeness (QED) is 0.642. The Morgan fingerprint density at radius 3 is 2.40 bits per heavy atom. The Balaban J connectivity index is 4.62. The van der Waals surface area contributed by atoms with Gasteiger partial charge in [-0.3, -0.25) is 4.79 Å². The maximum absolute atomic E-state index is 11.4. The van der Waals surface area contributed by atoms with Crippen LogP contribution in [0.15, 0.2) is 0 Å². The van der Waals surface area contributed by atoms with E-state index in [1.54, 1.807) is 6.92 Å². The Hall–Kier alpha value is -0.660. The molecule has 0 aromatic carbocycles. The lowest BCUT2D eigenvalue weighted by Gasteiger charge is -2.24. The van der Waals surface area contributed by atoms with Crippen molar-refractivity contribution in [3.05, 3.63) is 0 Å². The van der Waals surface area contributed by atoms with Crippen LogP contribution >= 0.6 is 0 Å². The van der Waals surface area contributed by atoms with Gasteiger partial charge < -0.3 is 9.84 Å². The topological polar surface area (TPSA) is 92.7 Å². The predicted molar refractivity (Wildman–Crippen MR) is 55.1 cm³/mol. The molecule has 0 amide bonds. The summed E-state index contributed by atoms with van der Waals surface area (Å²) in [5.41, 5.74) is -1.45. The van der Waals surface area contributed by atoms with Gasteiger partial charge in [-0.15, -0.1) is 0 Å². The summed E-state index contributed by atoms with van der Waals surface area (Å²) < 4.78 is 29.6. The van der Waals surface area contributed by atoms with E-state index in [2.05, 4.69) is 9.46 Å². The van der Waals surface area contributed by atoms with E-state index in [-0.39, 0.29) is 18.8 Å². The number of rotatable bonds is 7. The SMILES string of the molecule is CCC(C)(NS(=O)(=O)CCOC)C(=O)O. The van der Waals surface area contributed by atoms with Crippen LogP contribution in [0.3, 0.4) is 0 Å². The molecule has 0 saturated heterocycles. The first-order valence-corrected chi connectivity index (χ1v) is 6.16. The van der Waals surface area contributed by atoms with Crippen molar-refractivity contribution in [2.75, 3.05) is 19.5 Å². The third-order valence-electron chi connectivity index (χ3n) is 2.12. The van der Waals surface area contributed by atoms with E-state index in [1.165, 1.54) is 14.0 Å². The van der Waals surface area contributed by atoms with E-state index in [0.717, 1.165) is 0 Å². The van der Waals surface area contributed by atoms with E-state index in [1.807, 2.05) is 0 Å². The first kappa shape index (κ1) is 14.3. The lowest BCUT2D eigenvalue weighted by molar-refractivity contribution is -0.143. The molecular weight excluding hydrogens is 222 g/mol. The summed E-state index contributed by atoms with van der Waals surface area (Å²) in [6.45, 7) is 2.97. The van der Waals surface area contributed by atoms with E-state index >= 15 is 0 Å². The van der Waals surface area contributed by atoms with Crippen LogP contribution in [0.2, 0.25) is 0 Å². The van der Waals surface area contributed by atoms with Crippen molar-refractivity contribution in [2.45, 2.75) is 25.8 Å². The van der Waals surface area contributed by atoms with Crippen LogP contribution < -0.4 is 4.72 Å². The third kappa shape index (κ3) is 4.59.